The molecule has 0 saturated carbocycles. The monoisotopic (exact) mass is 344 g/mol. The molecule has 0 atom stereocenters. The van der Waals surface area contributed by atoms with Gasteiger partial charge in [0.15, 0.2) is 0 Å². The van der Waals surface area contributed by atoms with E-state index >= 15 is 0 Å². The number of thiophene rings is 1. The maximum absolute atomic E-state index is 12.5. The molecule has 0 spiro atoms. The normalized spacial score (nSPS) is 15.9. The summed E-state index contributed by atoms with van der Waals surface area (Å²) in [4.78, 5) is 27.9. The average Bonchev–Trinajstić information content (AvgIpc) is 3.02. The van der Waals surface area contributed by atoms with E-state index in [0.717, 1.165) is 37.2 Å². The minimum atomic E-state index is -0.894. The minimum Gasteiger partial charge on any atom is -0.478 e. The van der Waals surface area contributed by atoms with E-state index in [1.165, 1.54) is 11.3 Å². The van der Waals surface area contributed by atoms with Crippen LogP contribution in [0, 0.1) is 0 Å². The number of aromatic carboxylic acids is 1. The lowest BCUT2D eigenvalue weighted by Gasteiger charge is -2.22. The molecular formula is C18H20N2O3S. The Morgan fingerprint density at radius 1 is 1.08 bits per heavy atom. The fourth-order valence-corrected chi connectivity index (χ4v) is 3.64. The Kier molecular flexibility index (Phi) is 5.27. The summed E-state index contributed by atoms with van der Waals surface area (Å²) in [5.41, 5.74) is 1.93. The molecule has 2 aromatic rings. The second-order valence-corrected chi connectivity index (χ2v) is 6.68. The molecule has 1 fully saturated rings. The third-order valence-corrected chi connectivity index (χ3v) is 4.97. The van der Waals surface area contributed by atoms with Crippen LogP contribution in [-0.2, 0) is 6.54 Å². The van der Waals surface area contributed by atoms with E-state index in [-0.39, 0.29) is 5.91 Å². The van der Waals surface area contributed by atoms with E-state index < -0.39 is 5.97 Å². The van der Waals surface area contributed by atoms with Crippen molar-refractivity contribution in [2.75, 3.05) is 26.2 Å². The first-order valence-corrected chi connectivity index (χ1v) is 8.94. The number of hydrogen-bond donors (Lipinski definition) is 1. The molecule has 5 nitrogen and oxygen atoms in total. The van der Waals surface area contributed by atoms with Gasteiger partial charge in [-0.1, -0.05) is 18.2 Å². The minimum absolute atomic E-state index is 0.0871. The van der Waals surface area contributed by atoms with Gasteiger partial charge in [0, 0.05) is 38.1 Å². The average molecular weight is 344 g/mol. The molecule has 1 aromatic heterocycles. The lowest BCUT2D eigenvalue weighted by Crippen LogP contribution is -2.35. The molecule has 0 radical (unpaired) electrons. The molecule has 1 N–H and O–H groups in total. The van der Waals surface area contributed by atoms with E-state index in [0.29, 0.717) is 18.7 Å². The first kappa shape index (κ1) is 16.7. The first-order valence-electron chi connectivity index (χ1n) is 8.00. The van der Waals surface area contributed by atoms with Crippen molar-refractivity contribution in [2.45, 2.75) is 13.0 Å². The van der Waals surface area contributed by atoms with Crippen LogP contribution in [0.4, 0.5) is 0 Å². The molecule has 0 aliphatic carbocycles. The van der Waals surface area contributed by atoms with Crippen molar-refractivity contribution in [2.24, 2.45) is 0 Å². The van der Waals surface area contributed by atoms with Gasteiger partial charge in [-0.2, -0.15) is 11.3 Å². The van der Waals surface area contributed by atoms with E-state index in [2.05, 4.69) is 4.90 Å². The van der Waals surface area contributed by atoms with Crippen LogP contribution in [-0.4, -0.2) is 53.0 Å². The van der Waals surface area contributed by atoms with Gasteiger partial charge in [-0.05, 0) is 29.5 Å². The maximum Gasteiger partial charge on any atom is 0.336 e. The van der Waals surface area contributed by atoms with Crippen LogP contribution < -0.4 is 0 Å². The highest BCUT2D eigenvalue weighted by Gasteiger charge is 2.21. The number of carbonyl (C=O) groups is 2. The molecule has 1 saturated heterocycles. The number of carboxylic acid groups (broad SMARTS) is 1. The fourth-order valence-electron chi connectivity index (χ4n) is 3.01. The largest absolute Gasteiger partial charge is 0.478 e. The summed E-state index contributed by atoms with van der Waals surface area (Å²) in [6, 6.07) is 8.98. The number of benzene rings is 1. The quantitative estimate of drug-likeness (QED) is 0.926. The van der Waals surface area contributed by atoms with Gasteiger partial charge in [0.05, 0.1) is 11.1 Å². The molecular weight excluding hydrogens is 324 g/mol. The van der Waals surface area contributed by atoms with Crippen LogP contribution in [0.15, 0.2) is 41.1 Å². The van der Waals surface area contributed by atoms with Gasteiger partial charge in [0.25, 0.3) is 5.91 Å². The molecule has 2 heterocycles. The number of carboxylic acids is 1. The van der Waals surface area contributed by atoms with Crippen molar-refractivity contribution < 1.29 is 14.7 Å². The Balaban J connectivity index is 1.64. The zero-order valence-electron chi connectivity index (χ0n) is 13.4. The van der Waals surface area contributed by atoms with Crippen molar-refractivity contribution >= 4 is 23.2 Å². The Morgan fingerprint density at radius 2 is 1.92 bits per heavy atom. The summed E-state index contributed by atoms with van der Waals surface area (Å²) in [6.45, 7) is 3.63. The van der Waals surface area contributed by atoms with Crippen molar-refractivity contribution in [1.29, 1.82) is 0 Å². The van der Waals surface area contributed by atoms with Crippen molar-refractivity contribution in [3.63, 3.8) is 0 Å². The van der Waals surface area contributed by atoms with E-state index in [1.807, 2.05) is 33.9 Å². The molecule has 1 aromatic carbocycles. The van der Waals surface area contributed by atoms with E-state index in [4.69, 9.17) is 0 Å². The number of nitrogens with zero attached hydrogens (tertiary/aromatic N) is 2. The SMILES string of the molecule is O=C(O)c1ccccc1CN1CCCN(C(=O)c2ccsc2)CC1. The summed E-state index contributed by atoms with van der Waals surface area (Å²) in [5.74, 6) is -0.807. The Morgan fingerprint density at radius 3 is 2.67 bits per heavy atom. The van der Waals surface area contributed by atoms with Crippen LogP contribution >= 0.6 is 11.3 Å². The van der Waals surface area contributed by atoms with Gasteiger partial charge < -0.3 is 10.0 Å². The zero-order chi connectivity index (χ0) is 16.9. The van der Waals surface area contributed by atoms with Gasteiger partial charge >= 0.3 is 5.97 Å². The Hall–Kier alpha value is -2.18. The molecule has 3 rings (SSSR count). The summed E-state index contributed by atoms with van der Waals surface area (Å²) in [7, 11) is 0. The highest BCUT2D eigenvalue weighted by molar-refractivity contribution is 7.08. The molecule has 6 heteroatoms. The standard InChI is InChI=1S/C18H20N2O3S/c21-17(15-6-11-24-13-15)20-8-3-7-19(9-10-20)12-14-4-1-2-5-16(14)18(22)23/h1-2,4-6,11,13H,3,7-10,12H2,(H,22,23). The van der Waals surface area contributed by atoms with Gasteiger partial charge in [0.1, 0.15) is 0 Å². The molecule has 0 bridgehead atoms. The van der Waals surface area contributed by atoms with Crippen LogP contribution in [0.3, 0.4) is 0 Å². The smallest absolute Gasteiger partial charge is 0.336 e. The van der Waals surface area contributed by atoms with Crippen LogP contribution in [0.1, 0.15) is 32.7 Å². The predicted molar refractivity (Wildman–Crippen MR) is 93.5 cm³/mol. The number of carbonyl (C=O) groups excluding carboxylic acids is 1. The van der Waals surface area contributed by atoms with Crippen molar-refractivity contribution in [3.05, 3.63) is 57.8 Å². The molecule has 24 heavy (non-hydrogen) atoms. The Labute approximate surface area is 145 Å². The molecule has 1 aliphatic heterocycles. The second-order valence-electron chi connectivity index (χ2n) is 5.90. The van der Waals surface area contributed by atoms with Gasteiger partial charge in [0.2, 0.25) is 0 Å². The first-order chi connectivity index (χ1) is 11.6. The maximum atomic E-state index is 12.5. The summed E-state index contributed by atoms with van der Waals surface area (Å²) >= 11 is 1.53. The van der Waals surface area contributed by atoms with Gasteiger partial charge in [-0.25, -0.2) is 4.79 Å². The van der Waals surface area contributed by atoms with Gasteiger partial charge in [-0.15, -0.1) is 0 Å². The molecule has 1 amide bonds. The lowest BCUT2D eigenvalue weighted by molar-refractivity contribution is 0.0694. The topological polar surface area (TPSA) is 60.9 Å². The van der Waals surface area contributed by atoms with Crippen molar-refractivity contribution in [3.8, 4) is 0 Å². The molecule has 1 aliphatic rings. The zero-order valence-corrected chi connectivity index (χ0v) is 14.2. The lowest BCUT2D eigenvalue weighted by atomic mass is 10.1. The van der Waals surface area contributed by atoms with E-state index in [1.54, 1.807) is 12.1 Å². The van der Waals surface area contributed by atoms with Crippen molar-refractivity contribution in [1.82, 2.24) is 9.80 Å². The van der Waals surface area contributed by atoms with Crippen LogP contribution in [0.25, 0.3) is 0 Å². The number of hydrogen-bond acceptors (Lipinski definition) is 4. The van der Waals surface area contributed by atoms with Crippen LogP contribution in [0.2, 0.25) is 0 Å². The third-order valence-electron chi connectivity index (χ3n) is 4.29. The van der Waals surface area contributed by atoms with E-state index in [9.17, 15) is 14.7 Å². The third kappa shape index (κ3) is 3.83. The summed E-state index contributed by atoms with van der Waals surface area (Å²) in [5, 5.41) is 13.1. The van der Waals surface area contributed by atoms with Gasteiger partial charge in [-0.3, -0.25) is 9.69 Å². The molecule has 0 unspecified atom stereocenters. The highest BCUT2D eigenvalue weighted by Crippen LogP contribution is 2.16. The predicted octanol–water partition coefficient (Wildman–Crippen LogP) is 2.79. The number of rotatable bonds is 4. The highest BCUT2D eigenvalue weighted by atomic mass is 32.1. The van der Waals surface area contributed by atoms with Crippen LogP contribution in [0.5, 0.6) is 0 Å². The second kappa shape index (κ2) is 7.59. The number of amides is 1. The molecule has 126 valence electrons. The fraction of sp³-hybridized carbons (Fsp3) is 0.333. The Bertz CT molecular complexity index is 715. The summed E-state index contributed by atoms with van der Waals surface area (Å²) < 4.78 is 0. The summed E-state index contributed by atoms with van der Waals surface area (Å²) in [6.07, 6.45) is 0.894.